The smallest absolute Gasteiger partial charge is 0.264 e. The molecular formula is C23H23ClN4O3S. The number of hydrogen-bond acceptors (Lipinski definition) is 5. The van der Waals surface area contributed by atoms with E-state index in [4.69, 9.17) is 11.6 Å². The van der Waals surface area contributed by atoms with Gasteiger partial charge in [0.2, 0.25) is 0 Å². The average molecular weight is 471 g/mol. The number of nitrogens with zero attached hydrogens (tertiary/aromatic N) is 3. The van der Waals surface area contributed by atoms with Gasteiger partial charge in [-0.25, -0.2) is 13.8 Å². The van der Waals surface area contributed by atoms with Gasteiger partial charge >= 0.3 is 0 Å². The van der Waals surface area contributed by atoms with Crippen LogP contribution in [0.5, 0.6) is 0 Å². The molecule has 166 valence electrons. The van der Waals surface area contributed by atoms with E-state index in [9.17, 15) is 13.2 Å². The number of sulfonamides is 1. The van der Waals surface area contributed by atoms with Crippen molar-refractivity contribution >= 4 is 45.1 Å². The molecule has 3 rings (SSSR count). The molecule has 0 spiro atoms. The van der Waals surface area contributed by atoms with Gasteiger partial charge in [0.1, 0.15) is 6.54 Å². The molecule has 3 aromatic carbocycles. The Kier molecular flexibility index (Phi) is 7.50. The van der Waals surface area contributed by atoms with E-state index in [-0.39, 0.29) is 15.6 Å². The number of benzene rings is 3. The Labute approximate surface area is 193 Å². The SMILES string of the molecule is CN(C)c1ccc(/C=N\NC(=O)CN(c2ccccc2Cl)S(=O)(=O)c2ccccc2)cc1. The highest BCUT2D eigenvalue weighted by molar-refractivity contribution is 7.92. The monoisotopic (exact) mass is 470 g/mol. The highest BCUT2D eigenvalue weighted by Gasteiger charge is 2.28. The highest BCUT2D eigenvalue weighted by atomic mass is 35.5. The number of rotatable bonds is 8. The summed E-state index contributed by atoms with van der Waals surface area (Å²) in [5, 5.41) is 4.16. The van der Waals surface area contributed by atoms with Crippen molar-refractivity contribution in [3.05, 3.63) is 89.4 Å². The predicted molar refractivity (Wildman–Crippen MR) is 129 cm³/mol. The van der Waals surface area contributed by atoms with Crippen molar-refractivity contribution in [2.24, 2.45) is 5.10 Å². The van der Waals surface area contributed by atoms with Crippen LogP contribution in [0.25, 0.3) is 0 Å². The van der Waals surface area contributed by atoms with Crippen molar-refractivity contribution in [2.45, 2.75) is 4.90 Å². The Hall–Kier alpha value is -3.36. The number of carbonyl (C=O) groups excluding carboxylic acids is 1. The maximum atomic E-state index is 13.2. The molecule has 9 heteroatoms. The number of para-hydroxylation sites is 1. The van der Waals surface area contributed by atoms with Crippen LogP contribution in [0.1, 0.15) is 5.56 Å². The standard InChI is InChI=1S/C23H23ClN4O3S/c1-27(2)19-14-12-18(13-15-19)16-25-26-23(29)17-28(22-11-7-6-10-21(22)24)32(30,31)20-8-4-3-5-9-20/h3-16H,17H2,1-2H3,(H,26,29)/b25-16-. The third-order valence-electron chi connectivity index (χ3n) is 4.55. The molecular weight excluding hydrogens is 448 g/mol. The first-order valence-electron chi connectivity index (χ1n) is 9.70. The van der Waals surface area contributed by atoms with Crippen molar-refractivity contribution in [3.8, 4) is 0 Å². The van der Waals surface area contributed by atoms with Gasteiger partial charge in [-0.1, -0.05) is 54.1 Å². The lowest BCUT2D eigenvalue weighted by Crippen LogP contribution is -2.39. The minimum absolute atomic E-state index is 0.0530. The van der Waals surface area contributed by atoms with Crippen molar-refractivity contribution < 1.29 is 13.2 Å². The van der Waals surface area contributed by atoms with Gasteiger partial charge in [-0.05, 0) is 42.0 Å². The molecule has 0 fully saturated rings. The summed E-state index contributed by atoms with van der Waals surface area (Å²) in [6.07, 6.45) is 1.49. The maximum Gasteiger partial charge on any atom is 0.264 e. The van der Waals surface area contributed by atoms with E-state index in [1.807, 2.05) is 43.3 Å². The molecule has 0 radical (unpaired) electrons. The lowest BCUT2D eigenvalue weighted by Gasteiger charge is -2.24. The topological polar surface area (TPSA) is 82.1 Å². The zero-order valence-corrected chi connectivity index (χ0v) is 19.2. The largest absolute Gasteiger partial charge is 0.378 e. The third-order valence-corrected chi connectivity index (χ3v) is 6.65. The fourth-order valence-electron chi connectivity index (χ4n) is 2.88. The second kappa shape index (κ2) is 10.3. The molecule has 0 saturated heterocycles. The van der Waals surface area contributed by atoms with Crippen LogP contribution in [0.4, 0.5) is 11.4 Å². The second-order valence-electron chi connectivity index (χ2n) is 7.06. The van der Waals surface area contributed by atoms with Crippen LogP contribution in [-0.2, 0) is 14.8 Å². The van der Waals surface area contributed by atoms with Gasteiger partial charge in [0.25, 0.3) is 15.9 Å². The number of amides is 1. The highest BCUT2D eigenvalue weighted by Crippen LogP contribution is 2.30. The molecule has 0 aliphatic rings. The van der Waals surface area contributed by atoms with Gasteiger partial charge in [-0.15, -0.1) is 0 Å². The zero-order chi connectivity index (χ0) is 23.1. The van der Waals surface area contributed by atoms with E-state index in [1.54, 1.807) is 42.5 Å². The molecule has 1 N–H and O–H groups in total. The van der Waals surface area contributed by atoms with Crippen LogP contribution in [0.3, 0.4) is 0 Å². The van der Waals surface area contributed by atoms with Crippen molar-refractivity contribution in [3.63, 3.8) is 0 Å². The van der Waals surface area contributed by atoms with Gasteiger partial charge in [0.15, 0.2) is 0 Å². The molecule has 7 nitrogen and oxygen atoms in total. The molecule has 0 heterocycles. The molecule has 1 amide bonds. The third kappa shape index (κ3) is 5.66. The normalized spacial score (nSPS) is 11.3. The molecule has 0 bridgehead atoms. The molecule has 0 aliphatic heterocycles. The quantitative estimate of drug-likeness (QED) is 0.401. The number of halogens is 1. The van der Waals surface area contributed by atoms with E-state index in [0.717, 1.165) is 15.6 Å². The van der Waals surface area contributed by atoms with Crippen LogP contribution >= 0.6 is 11.6 Å². The van der Waals surface area contributed by atoms with Gasteiger partial charge in [-0.2, -0.15) is 5.10 Å². The van der Waals surface area contributed by atoms with Crippen molar-refractivity contribution in [1.82, 2.24) is 5.43 Å². The van der Waals surface area contributed by atoms with Crippen LogP contribution in [0.15, 0.2) is 88.9 Å². The summed E-state index contributed by atoms with van der Waals surface area (Å²) >= 11 is 6.24. The first kappa shape index (κ1) is 23.3. The summed E-state index contributed by atoms with van der Waals surface area (Å²) in [6.45, 7) is -0.488. The zero-order valence-electron chi connectivity index (χ0n) is 17.6. The Morgan fingerprint density at radius 1 is 0.969 bits per heavy atom. The summed E-state index contributed by atoms with van der Waals surface area (Å²) in [5.74, 6) is -0.606. The van der Waals surface area contributed by atoms with Crippen LogP contribution in [0.2, 0.25) is 5.02 Å². The minimum Gasteiger partial charge on any atom is -0.378 e. The van der Waals surface area contributed by atoms with E-state index >= 15 is 0 Å². The Morgan fingerprint density at radius 2 is 1.59 bits per heavy atom. The number of carbonyl (C=O) groups is 1. The number of anilines is 2. The molecule has 0 aliphatic carbocycles. The fraction of sp³-hybridized carbons (Fsp3) is 0.130. The number of hydrogen-bond donors (Lipinski definition) is 1. The fourth-order valence-corrected chi connectivity index (χ4v) is 4.63. The molecule has 0 atom stereocenters. The maximum absolute atomic E-state index is 13.2. The molecule has 0 unspecified atom stereocenters. The summed E-state index contributed by atoms with van der Waals surface area (Å²) in [7, 11) is -0.146. The van der Waals surface area contributed by atoms with Crippen molar-refractivity contribution in [1.29, 1.82) is 0 Å². The Morgan fingerprint density at radius 3 is 2.22 bits per heavy atom. The van der Waals surface area contributed by atoms with Crippen LogP contribution in [-0.4, -0.2) is 41.2 Å². The predicted octanol–water partition coefficient (Wildman–Crippen LogP) is 3.75. The summed E-state index contributed by atoms with van der Waals surface area (Å²) in [4.78, 5) is 14.6. The van der Waals surface area contributed by atoms with Crippen LogP contribution in [0, 0.1) is 0 Å². The Balaban J connectivity index is 1.79. The van der Waals surface area contributed by atoms with E-state index in [2.05, 4.69) is 10.5 Å². The first-order valence-corrected chi connectivity index (χ1v) is 11.5. The summed E-state index contributed by atoms with van der Waals surface area (Å²) in [6, 6.07) is 21.9. The van der Waals surface area contributed by atoms with Gasteiger partial charge in [0.05, 0.1) is 21.8 Å². The summed E-state index contributed by atoms with van der Waals surface area (Å²) < 4.78 is 27.5. The molecule has 32 heavy (non-hydrogen) atoms. The van der Waals surface area contributed by atoms with Gasteiger partial charge in [0, 0.05) is 19.8 Å². The first-order chi connectivity index (χ1) is 15.3. The van der Waals surface area contributed by atoms with Crippen molar-refractivity contribution in [2.75, 3.05) is 29.8 Å². The number of nitrogens with one attached hydrogen (secondary N) is 1. The number of hydrazone groups is 1. The van der Waals surface area contributed by atoms with E-state index in [0.29, 0.717) is 0 Å². The Bertz CT molecular complexity index is 1200. The second-order valence-corrected chi connectivity index (χ2v) is 9.32. The average Bonchev–Trinajstić information content (AvgIpc) is 2.79. The molecule has 0 aromatic heterocycles. The molecule has 0 saturated carbocycles. The van der Waals surface area contributed by atoms with Gasteiger partial charge < -0.3 is 4.90 Å². The lowest BCUT2D eigenvalue weighted by atomic mass is 10.2. The van der Waals surface area contributed by atoms with Crippen LogP contribution < -0.4 is 14.6 Å². The van der Waals surface area contributed by atoms with Gasteiger partial charge in [-0.3, -0.25) is 9.10 Å². The van der Waals surface area contributed by atoms with E-state index in [1.165, 1.54) is 18.3 Å². The molecule has 3 aromatic rings. The van der Waals surface area contributed by atoms with E-state index < -0.39 is 22.5 Å². The minimum atomic E-state index is -4.03. The lowest BCUT2D eigenvalue weighted by molar-refractivity contribution is -0.119. The summed E-state index contributed by atoms with van der Waals surface area (Å²) in [5.41, 5.74) is 4.41.